The van der Waals surface area contributed by atoms with Crippen LogP contribution < -0.4 is 0 Å². The van der Waals surface area contributed by atoms with Crippen LogP contribution in [0.5, 0.6) is 0 Å². The van der Waals surface area contributed by atoms with Gasteiger partial charge in [-0.25, -0.2) is 0 Å². The van der Waals surface area contributed by atoms with Gasteiger partial charge in [-0.05, 0) is 0 Å². The normalized spacial score (nSPS) is 9.92. The second-order valence-electron chi connectivity index (χ2n) is 2.07. The minimum atomic E-state index is -0.418. The lowest BCUT2D eigenvalue weighted by Crippen LogP contribution is -2.02. The zero-order valence-electron chi connectivity index (χ0n) is 6.27. The van der Waals surface area contributed by atoms with Gasteiger partial charge in [-0.3, -0.25) is 4.79 Å². The van der Waals surface area contributed by atoms with E-state index in [0.717, 1.165) is 11.3 Å². The van der Waals surface area contributed by atoms with Crippen molar-refractivity contribution >= 4 is 28.9 Å². The fourth-order valence-electron chi connectivity index (χ4n) is 0.700. The van der Waals surface area contributed by atoms with Crippen molar-refractivity contribution in [2.24, 2.45) is 0 Å². The topological polar surface area (TPSA) is 26.3 Å². The number of carbonyl (C=O) groups is 1. The zero-order chi connectivity index (χ0) is 9.14. The van der Waals surface area contributed by atoms with Crippen LogP contribution in [0, 0.1) is 5.13 Å². The van der Waals surface area contributed by atoms with E-state index in [0.29, 0.717) is 4.88 Å². The van der Waals surface area contributed by atoms with E-state index in [-0.39, 0.29) is 16.6 Å². The minimum Gasteiger partial charge on any atom is -0.469 e. The monoisotopic (exact) mass is 208 g/mol. The summed E-state index contributed by atoms with van der Waals surface area (Å²) < 4.78 is 16.9. The summed E-state index contributed by atoms with van der Waals surface area (Å²) in [4.78, 5) is 11.2. The van der Waals surface area contributed by atoms with Crippen LogP contribution in [0.4, 0.5) is 4.39 Å². The molecule has 0 N–H and O–H groups in total. The second kappa shape index (κ2) is 3.87. The molecule has 0 aromatic carbocycles. The van der Waals surface area contributed by atoms with Gasteiger partial charge in [0, 0.05) is 10.9 Å². The van der Waals surface area contributed by atoms with Gasteiger partial charge in [0.15, 0.2) is 5.13 Å². The number of hydrogen-bond donors (Lipinski definition) is 0. The van der Waals surface area contributed by atoms with Crippen LogP contribution in [0.1, 0.15) is 4.88 Å². The van der Waals surface area contributed by atoms with Crippen LogP contribution in [0.3, 0.4) is 0 Å². The molecule has 0 aliphatic rings. The molecule has 0 bridgehead atoms. The second-order valence-corrected chi connectivity index (χ2v) is 3.57. The van der Waals surface area contributed by atoms with Crippen LogP contribution >= 0.6 is 22.9 Å². The first-order valence-corrected chi connectivity index (χ1v) is 4.33. The molecular weight excluding hydrogens is 203 g/mol. The van der Waals surface area contributed by atoms with Crippen molar-refractivity contribution in [3.05, 3.63) is 21.1 Å². The Balaban J connectivity index is 2.75. The summed E-state index contributed by atoms with van der Waals surface area (Å²) in [5, 5.41) is -0.109. The van der Waals surface area contributed by atoms with Gasteiger partial charge in [-0.2, -0.15) is 4.39 Å². The standard InChI is InChI=1S/C7H6ClFO2S/c1-11-7(10)3-5-4(8)2-6(9)12-5/h2H,3H2,1H3. The number of thiophene rings is 1. The fraction of sp³-hybridized carbons (Fsp3) is 0.286. The van der Waals surface area contributed by atoms with Crippen LogP contribution in [0.15, 0.2) is 6.07 Å². The molecule has 0 saturated heterocycles. The molecule has 0 unspecified atom stereocenters. The van der Waals surface area contributed by atoms with Crippen molar-refractivity contribution in [1.82, 2.24) is 0 Å². The molecule has 1 aromatic rings. The fourth-order valence-corrected chi connectivity index (χ4v) is 1.80. The molecule has 1 heterocycles. The summed E-state index contributed by atoms with van der Waals surface area (Å²) in [5.74, 6) is -0.418. The zero-order valence-corrected chi connectivity index (χ0v) is 7.84. The van der Waals surface area contributed by atoms with Crippen LogP contribution in [-0.4, -0.2) is 13.1 Å². The predicted molar refractivity (Wildman–Crippen MR) is 45.0 cm³/mol. The Kier molecular flexibility index (Phi) is 3.05. The molecule has 12 heavy (non-hydrogen) atoms. The summed E-state index contributed by atoms with van der Waals surface area (Å²) in [5.41, 5.74) is 0. The molecule has 0 amide bonds. The highest BCUT2D eigenvalue weighted by Gasteiger charge is 2.11. The maximum Gasteiger partial charge on any atom is 0.310 e. The Morgan fingerprint density at radius 2 is 2.50 bits per heavy atom. The maximum absolute atomic E-state index is 12.5. The highest BCUT2D eigenvalue weighted by molar-refractivity contribution is 7.11. The van der Waals surface area contributed by atoms with Crippen molar-refractivity contribution < 1.29 is 13.9 Å². The lowest BCUT2D eigenvalue weighted by atomic mass is 10.3. The Morgan fingerprint density at radius 3 is 2.92 bits per heavy atom. The van der Waals surface area contributed by atoms with Crippen molar-refractivity contribution in [3.63, 3.8) is 0 Å². The van der Waals surface area contributed by atoms with Crippen LogP contribution in [0.2, 0.25) is 5.02 Å². The molecule has 0 spiro atoms. The smallest absolute Gasteiger partial charge is 0.310 e. The number of rotatable bonds is 2. The number of carbonyl (C=O) groups excluding carboxylic acids is 1. The Bertz CT molecular complexity index is 298. The molecule has 2 nitrogen and oxygen atoms in total. The average molecular weight is 209 g/mol. The van der Waals surface area contributed by atoms with Crippen molar-refractivity contribution in [2.75, 3.05) is 7.11 Å². The molecular formula is C7H6ClFO2S. The molecule has 66 valence electrons. The summed E-state index contributed by atoms with van der Waals surface area (Å²) in [6, 6.07) is 1.19. The first kappa shape index (κ1) is 9.48. The van der Waals surface area contributed by atoms with E-state index in [1.807, 2.05) is 0 Å². The summed E-state index contributed by atoms with van der Waals surface area (Å²) >= 11 is 6.47. The van der Waals surface area contributed by atoms with Crippen molar-refractivity contribution in [3.8, 4) is 0 Å². The predicted octanol–water partition coefficient (Wildman–Crippen LogP) is 2.26. The van der Waals surface area contributed by atoms with Crippen LogP contribution in [-0.2, 0) is 16.0 Å². The highest BCUT2D eigenvalue weighted by atomic mass is 35.5. The molecule has 0 aliphatic heterocycles. The lowest BCUT2D eigenvalue weighted by molar-refractivity contribution is -0.139. The summed E-state index contributed by atoms with van der Waals surface area (Å²) in [6.07, 6.45) is 0.0317. The molecule has 0 atom stereocenters. The number of esters is 1. The molecule has 0 aliphatic carbocycles. The van der Waals surface area contributed by atoms with E-state index >= 15 is 0 Å². The van der Waals surface area contributed by atoms with E-state index < -0.39 is 5.97 Å². The first-order chi connectivity index (χ1) is 5.63. The molecule has 0 radical (unpaired) electrons. The van der Waals surface area contributed by atoms with Gasteiger partial charge in [0.1, 0.15) is 0 Å². The van der Waals surface area contributed by atoms with E-state index in [1.54, 1.807) is 0 Å². The molecule has 1 rings (SSSR count). The van der Waals surface area contributed by atoms with E-state index in [1.165, 1.54) is 13.2 Å². The highest BCUT2D eigenvalue weighted by Crippen LogP contribution is 2.26. The van der Waals surface area contributed by atoms with E-state index in [4.69, 9.17) is 11.6 Å². The Hall–Kier alpha value is -0.610. The molecule has 1 aromatic heterocycles. The molecule has 5 heteroatoms. The SMILES string of the molecule is COC(=O)Cc1sc(F)cc1Cl. The van der Waals surface area contributed by atoms with Crippen LogP contribution in [0.25, 0.3) is 0 Å². The summed E-state index contributed by atoms with van der Waals surface area (Å²) in [6.45, 7) is 0. The van der Waals surface area contributed by atoms with E-state index in [9.17, 15) is 9.18 Å². The Labute approximate surface area is 77.9 Å². The number of ether oxygens (including phenoxy) is 1. The van der Waals surface area contributed by atoms with Crippen molar-refractivity contribution in [2.45, 2.75) is 6.42 Å². The molecule has 0 saturated carbocycles. The third-order valence-corrected chi connectivity index (χ3v) is 2.63. The van der Waals surface area contributed by atoms with Gasteiger partial charge in [0.25, 0.3) is 0 Å². The minimum absolute atomic E-state index is 0.0317. The van der Waals surface area contributed by atoms with Gasteiger partial charge < -0.3 is 4.74 Å². The quantitative estimate of drug-likeness (QED) is 0.697. The van der Waals surface area contributed by atoms with Gasteiger partial charge in [-0.1, -0.05) is 11.6 Å². The number of halogens is 2. The third-order valence-electron chi connectivity index (χ3n) is 1.26. The molecule has 0 fully saturated rings. The van der Waals surface area contributed by atoms with Gasteiger partial charge >= 0.3 is 5.97 Å². The van der Waals surface area contributed by atoms with Gasteiger partial charge in [-0.15, -0.1) is 11.3 Å². The Morgan fingerprint density at radius 1 is 1.83 bits per heavy atom. The van der Waals surface area contributed by atoms with Crippen molar-refractivity contribution in [1.29, 1.82) is 0 Å². The van der Waals surface area contributed by atoms with E-state index in [2.05, 4.69) is 4.74 Å². The average Bonchev–Trinajstić information content (AvgIpc) is 2.30. The third kappa shape index (κ3) is 2.19. The number of methoxy groups -OCH3 is 1. The number of hydrogen-bond acceptors (Lipinski definition) is 3. The van der Waals surface area contributed by atoms with Gasteiger partial charge in [0.2, 0.25) is 0 Å². The first-order valence-electron chi connectivity index (χ1n) is 3.14. The largest absolute Gasteiger partial charge is 0.469 e. The lowest BCUT2D eigenvalue weighted by Gasteiger charge is -1.95. The summed E-state index contributed by atoms with van der Waals surface area (Å²) in [7, 11) is 1.28. The van der Waals surface area contributed by atoms with Gasteiger partial charge in [0.05, 0.1) is 18.6 Å². The maximum atomic E-state index is 12.5.